The molecule has 0 bridgehead atoms. The Bertz CT molecular complexity index is 880. The van der Waals surface area contributed by atoms with E-state index in [2.05, 4.69) is 9.97 Å². The number of carbonyl (C=O) groups is 1. The lowest BCUT2D eigenvalue weighted by Crippen LogP contribution is -2.27. The number of thiazole rings is 1. The molecule has 0 atom stereocenters. The lowest BCUT2D eigenvalue weighted by atomic mass is 10.3. The number of benzene rings is 1. The van der Waals surface area contributed by atoms with E-state index in [1.807, 2.05) is 25.1 Å². The normalized spacial score (nSPS) is 14.5. The third kappa shape index (κ3) is 2.99. The van der Waals surface area contributed by atoms with E-state index in [0.29, 0.717) is 17.3 Å². The Morgan fingerprint density at radius 1 is 1.33 bits per heavy atom. The molecule has 124 valence electrons. The van der Waals surface area contributed by atoms with Crippen LogP contribution in [0.15, 0.2) is 28.9 Å². The number of rotatable bonds is 4. The van der Waals surface area contributed by atoms with E-state index >= 15 is 0 Å². The van der Waals surface area contributed by atoms with E-state index in [1.54, 1.807) is 16.2 Å². The van der Waals surface area contributed by atoms with Crippen molar-refractivity contribution in [2.45, 2.75) is 26.4 Å². The number of oxazole rings is 1. The second-order valence-corrected chi connectivity index (χ2v) is 7.01. The van der Waals surface area contributed by atoms with Gasteiger partial charge in [0, 0.05) is 19.2 Å². The molecular formula is C17H17N3O3S. The summed E-state index contributed by atoms with van der Waals surface area (Å²) in [6.07, 6.45) is 3.52. The molecule has 0 saturated carbocycles. The zero-order valence-electron chi connectivity index (χ0n) is 13.3. The van der Waals surface area contributed by atoms with E-state index in [0.717, 1.165) is 41.2 Å². The molecule has 0 unspecified atom stereocenters. The molecule has 2 aromatic heterocycles. The van der Waals surface area contributed by atoms with Crippen molar-refractivity contribution in [2.75, 3.05) is 13.1 Å². The highest BCUT2D eigenvalue weighted by molar-refractivity contribution is 7.18. The van der Waals surface area contributed by atoms with Crippen LogP contribution in [0.4, 0.5) is 0 Å². The molecule has 4 rings (SSSR count). The molecule has 1 aromatic carbocycles. The van der Waals surface area contributed by atoms with Gasteiger partial charge >= 0.3 is 0 Å². The first-order valence-corrected chi connectivity index (χ1v) is 8.74. The maximum atomic E-state index is 12.2. The summed E-state index contributed by atoms with van der Waals surface area (Å²) in [6.45, 7) is 3.76. The summed E-state index contributed by atoms with van der Waals surface area (Å²) in [5, 5.41) is 1.03. The Morgan fingerprint density at radius 2 is 2.17 bits per heavy atom. The van der Waals surface area contributed by atoms with Crippen LogP contribution < -0.4 is 4.74 Å². The molecule has 0 spiro atoms. The Morgan fingerprint density at radius 3 is 3.00 bits per heavy atom. The molecule has 3 aromatic rings. The van der Waals surface area contributed by atoms with Gasteiger partial charge in [0.1, 0.15) is 12.0 Å². The largest absolute Gasteiger partial charge is 0.484 e. The van der Waals surface area contributed by atoms with Crippen molar-refractivity contribution in [3.63, 3.8) is 0 Å². The maximum absolute atomic E-state index is 12.2. The van der Waals surface area contributed by atoms with Gasteiger partial charge in [-0.3, -0.25) is 4.79 Å². The molecule has 0 N–H and O–H groups in total. The zero-order chi connectivity index (χ0) is 16.5. The SMILES string of the molecule is Cc1nc2cc(OCc3nc(C(=O)N4CCCC4)co3)ccc2s1. The Labute approximate surface area is 143 Å². The molecule has 1 fully saturated rings. The number of amides is 1. The summed E-state index contributed by atoms with van der Waals surface area (Å²) in [6, 6.07) is 5.80. The average molecular weight is 343 g/mol. The van der Waals surface area contributed by atoms with Crippen molar-refractivity contribution in [1.82, 2.24) is 14.9 Å². The van der Waals surface area contributed by atoms with Crippen LogP contribution in [0.5, 0.6) is 5.75 Å². The topological polar surface area (TPSA) is 68.5 Å². The van der Waals surface area contributed by atoms with E-state index in [4.69, 9.17) is 9.15 Å². The molecule has 1 aliphatic heterocycles. The minimum atomic E-state index is -0.0677. The third-order valence-electron chi connectivity index (χ3n) is 3.99. The van der Waals surface area contributed by atoms with Crippen LogP contribution in [0.25, 0.3) is 10.2 Å². The number of nitrogens with zero attached hydrogens (tertiary/aromatic N) is 3. The van der Waals surface area contributed by atoms with E-state index in [1.165, 1.54) is 6.26 Å². The summed E-state index contributed by atoms with van der Waals surface area (Å²) in [5.74, 6) is 1.03. The van der Waals surface area contributed by atoms with Gasteiger partial charge < -0.3 is 14.1 Å². The van der Waals surface area contributed by atoms with Crippen LogP contribution in [0, 0.1) is 6.92 Å². The first kappa shape index (κ1) is 15.1. The van der Waals surface area contributed by atoms with Crippen molar-refractivity contribution in [1.29, 1.82) is 0 Å². The number of likely N-dealkylation sites (tertiary alicyclic amines) is 1. The highest BCUT2D eigenvalue weighted by atomic mass is 32.1. The van der Waals surface area contributed by atoms with Gasteiger partial charge in [-0.2, -0.15) is 0 Å². The van der Waals surface area contributed by atoms with Gasteiger partial charge in [-0.05, 0) is 31.9 Å². The van der Waals surface area contributed by atoms with Crippen molar-refractivity contribution in [2.24, 2.45) is 0 Å². The number of carbonyl (C=O) groups excluding carboxylic acids is 1. The van der Waals surface area contributed by atoms with Gasteiger partial charge in [0.25, 0.3) is 5.91 Å². The number of aromatic nitrogens is 2. The summed E-state index contributed by atoms with van der Waals surface area (Å²) in [5.41, 5.74) is 1.27. The Hall–Kier alpha value is -2.41. The molecule has 0 radical (unpaired) electrons. The van der Waals surface area contributed by atoms with Crippen LogP contribution in [-0.4, -0.2) is 33.9 Å². The molecule has 6 nitrogen and oxygen atoms in total. The van der Waals surface area contributed by atoms with Gasteiger partial charge in [-0.15, -0.1) is 11.3 Å². The quantitative estimate of drug-likeness (QED) is 0.726. The van der Waals surface area contributed by atoms with E-state index in [9.17, 15) is 4.79 Å². The summed E-state index contributed by atoms with van der Waals surface area (Å²) >= 11 is 1.65. The lowest BCUT2D eigenvalue weighted by Gasteiger charge is -2.12. The predicted octanol–water partition coefficient (Wildman–Crippen LogP) is 3.41. The standard InChI is InChI=1S/C17H17N3O3S/c1-11-18-13-8-12(4-5-15(13)24-11)22-10-16-19-14(9-23-16)17(21)20-6-2-3-7-20/h4-5,8-9H,2-3,6-7,10H2,1H3. The van der Waals surface area contributed by atoms with Crippen LogP contribution in [0.2, 0.25) is 0 Å². The number of hydrogen-bond donors (Lipinski definition) is 0. The predicted molar refractivity (Wildman–Crippen MR) is 90.3 cm³/mol. The highest BCUT2D eigenvalue weighted by Gasteiger charge is 2.22. The monoisotopic (exact) mass is 343 g/mol. The average Bonchev–Trinajstić information content (AvgIpc) is 3.31. The fraction of sp³-hybridized carbons (Fsp3) is 0.353. The minimum Gasteiger partial charge on any atom is -0.484 e. The Kier molecular flexibility index (Phi) is 3.93. The fourth-order valence-corrected chi connectivity index (χ4v) is 3.62. The summed E-state index contributed by atoms with van der Waals surface area (Å²) in [7, 11) is 0. The van der Waals surface area contributed by atoms with Gasteiger partial charge in [0.05, 0.1) is 15.2 Å². The smallest absolute Gasteiger partial charge is 0.275 e. The zero-order valence-corrected chi connectivity index (χ0v) is 14.1. The minimum absolute atomic E-state index is 0.0677. The van der Waals surface area contributed by atoms with Crippen molar-refractivity contribution < 1.29 is 13.9 Å². The first-order valence-electron chi connectivity index (χ1n) is 7.93. The number of aryl methyl sites for hydroxylation is 1. The first-order chi connectivity index (χ1) is 11.7. The second kappa shape index (κ2) is 6.24. The molecular weight excluding hydrogens is 326 g/mol. The van der Waals surface area contributed by atoms with E-state index in [-0.39, 0.29) is 12.5 Å². The second-order valence-electron chi connectivity index (χ2n) is 5.78. The van der Waals surface area contributed by atoms with Gasteiger partial charge in [-0.1, -0.05) is 0 Å². The molecule has 0 aliphatic carbocycles. The molecule has 1 amide bonds. The Balaban J connectivity index is 1.42. The molecule has 1 aliphatic rings. The van der Waals surface area contributed by atoms with Gasteiger partial charge in [-0.25, -0.2) is 9.97 Å². The summed E-state index contributed by atoms with van der Waals surface area (Å²) < 4.78 is 12.2. The molecule has 1 saturated heterocycles. The molecule has 3 heterocycles. The van der Waals surface area contributed by atoms with Gasteiger partial charge in [0.15, 0.2) is 12.3 Å². The molecule has 24 heavy (non-hydrogen) atoms. The maximum Gasteiger partial charge on any atom is 0.275 e. The van der Waals surface area contributed by atoms with Crippen molar-refractivity contribution in [3.8, 4) is 5.75 Å². The van der Waals surface area contributed by atoms with Gasteiger partial charge in [0.2, 0.25) is 5.89 Å². The number of fused-ring (bicyclic) bond motifs is 1. The van der Waals surface area contributed by atoms with Crippen LogP contribution >= 0.6 is 11.3 Å². The molecule has 7 heteroatoms. The third-order valence-corrected chi connectivity index (χ3v) is 4.94. The lowest BCUT2D eigenvalue weighted by molar-refractivity contribution is 0.0787. The van der Waals surface area contributed by atoms with Crippen LogP contribution in [-0.2, 0) is 6.61 Å². The highest BCUT2D eigenvalue weighted by Crippen LogP contribution is 2.26. The fourth-order valence-electron chi connectivity index (χ4n) is 2.81. The number of hydrogen-bond acceptors (Lipinski definition) is 6. The van der Waals surface area contributed by atoms with Crippen LogP contribution in [0.3, 0.4) is 0 Å². The summed E-state index contributed by atoms with van der Waals surface area (Å²) in [4.78, 5) is 22.7. The van der Waals surface area contributed by atoms with Crippen molar-refractivity contribution in [3.05, 3.63) is 41.1 Å². The number of ether oxygens (including phenoxy) is 1. The van der Waals surface area contributed by atoms with E-state index < -0.39 is 0 Å². The van der Waals surface area contributed by atoms with Crippen molar-refractivity contribution >= 4 is 27.5 Å². The van der Waals surface area contributed by atoms with Crippen LogP contribution in [0.1, 0.15) is 34.2 Å².